The van der Waals surface area contributed by atoms with E-state index in [4.69, 9.17) is 4.74 Å². The smallest absolute Gasteiger partial charge is 0.338 e. The van der Waals surface area contributed by atoms with E-state index in [1.807, 2.05) is 0 Å². The third-order valence-corrected chi connectivity index (χ3v) is 3.49. The summed E-state index contributed by atoms with van der Waals surface area (Å²) in [4.78, 5) is 36.8. The first-order valence-electron chi connectivity index (χ1n) is 7.35. The molecule has 0 aliphatic carbocycles. The van der Waals surface area contributed by atoms with Crippen LogP contribution in [-0.4, -0.2) is 41.9 Å². The Morgan fingerprint density at radius 3 is 2.27 bits per heavy atom. The molecule has 2 rings (SSSR count). The van der Waals surface area contributed by atoms with Crippen molar-refractivity contribution in [3.63, 3.8) is 0 Å². The van der Waals surface area contributed by atoms with Crippen LogP contribution in [0.4, 0.5) is 5.69 Å². The van der Waals surface area contributed by atoms with Crippen molar-refractivity contribution in [1.29, 1.82) is 0 Å². The molecule has 1 aromatic carbocycles. The van der Waals surface area contributed by atoms with Crippen LogP contribution in [-0.2, 0) is 14.3 Å². The van der Waals surface area contributed by atoms with E-state index < -0.39 is 12.1 Å². The van der Waals surface area contributed by atoms with E-state index in [1.165, 1.54) is 6.92 Å². The van der Waals surface area contributed by atoms with Gasteiger partial charge in [0.1, 0.15) is 0 Å². The summed E-state index contributed by atoms with van der Waals surface area (Å²) in [5.41, 5.74) is 0.945. The van der Waals surface area contributed by atoms with Gasteiger partial charge >= 0.3 is 5.97 Å². The standard InChI is InChI=1S/C16H20N2O4/c1-11(15(20)18-9-3-4-10-18)22-16(21)13-5-7-14(8-6-13)17-12(2)19/h5-8,11H,3-4,9-10H2,1-2H3,(H,17,19)/t11-/m1/s1. The van der Waals surface area contributed by atoms with Crippen molar-refractivity contribution in [2.75, 3.05) is 18.4 Å². The van der Waals surface area contributed by atoms with Crippen molar-refractivity contribution < 1.29 is 19.1 Å². The first-order valence-corrected chi connectivity index (χ1v) is 7.35. The van der Waals surface area contributed by atoms with Gasteiger partial charge in [-0.25, -0.2) is 4.79 Å². The number of nitrogens with one attached hydrogen (secondary N) is 1. The fourth-order valence-electron chi connectivity index (χ4n) is 2.37. The summed E-state index contributed by atoms with van der Waals surface area (Å²) >= 11 is 0. The molecular weight excluding hydrogens is 284 g/mol. The van der Waals surface area contributed by atoms with E-state index in [2.05, 4.69) is 5.32 Å². The lowest BCUT2D eigenvalue weighted by Crippen LogP contribution is -2.38. The molecule has 0 saturated carbocycles. The molecule has 1 aliphatic heterocycles. The number of hydrogen-bond donors (Lipinski definition) is 1. The Kier molecular flexibility index (Phi) is 5.14. The van der Waals surface area contributed by atoms with Crippen LogP contribution in [0.1, 0.15) is 37.0 Å². The van der Waals surface area contributed by atoms with E-state index in [0.717, 1.165) is 25.9 Å². The summed E-state index contributed by atoms with van der Waals surface area (Å²) in [5.74, 6) is -0.879. The Morgan fingerprint density at radius 1 is 1.14 bits per heavy atom. The van der Waals surface area contributed by atoms with Crippen LogP contribution in [0.15, 0.2) is 24.3 Å². The molecule has 1 atom stereocenters. The Bertz CT molecular complexity index is 562. The number of carbonyl (C=O) groups excluding carboxylic acids is 3. The molecule has 0 aromatic heterocycles. The largest absolute Gasteiger partial charge is 0.449 e. The monoisotopic (exact) mass is 304 g/mol. The molecule has 1 aliphatic rings. The third-order valence-electron chi connectivity index (χ3n) is 3.49. The van der Waals surface area contributed by atoms with Gasteiger partial charge in [-0.3, -0.25) is 9.59 Å². The fraction of sp³-hybridized carbons (Fsp3) is 0.438. The van der Waals surface area contributed by atoms with Crippen molar-refractivity contribution in [3.8, 4) is 0 Å². The Balaban J connectivity index is 1.93. The summed E-state index contributed by atoms with van der Waals surface area (Å²) in [5, 5.41) is 2.62. The number of ether oxygens (including phenoxy) is 1. The molecule has 1 saturated heterocycles. The second-order valence-electron chi connectivity index (χ2n) is 5.34. The van der Waals surface area contributed by atoms with E-state index in [9.17, 15) is 14.4 Å². The van der Waals surface area contributed by atoms with Gasteiger partial charge in [0.05, 0.1) is 5.56 Å². The van der Waals surface area contributed by atoms with Crippen LogP contribution in [0.3, 0.4) is 0 Å². The summed E-state index contributed by atoms with van der Waals surface area (Å²) in [6.45, 7) is 4.45. The molecule has 22 heavy (non-hydrogen) atoms. The number of amides is 2. The first-order chi connectivity index (χ1) is 10.5. The van der Waals surface area contributed by atoms with Gasteiger partial charge < -0.3 is 15.0 Å². The van der Waals surface area contributed by atoms with Gasteiger partial charge in [-0.1, -0.05) is 0 Å². The predicted molar refractivity (Wildman–Crippen MR) is 81.4 cm³/mol. The van der Waals surface area contributed by atoms with Crippen molar-refractivity contribution >= 4 is 23.5 Å². The molecule has 6 heteroatoms. The Morgan fingerprint density at radius 2 is 1.73 bits per heavy atom. The highest BCUT2D eigenvalue weighted by molar-refractivity contribution is 5.93. The lowest BCUT2D eigenvalue weighted by Gasteiger charge is -2.20. The maximum absolute atomic E-state index is 12.1. The molecule has 2 amide bonds. The molecule has 1 heterocycles. The van der Waals surface area contributed by atoms with E-state index in [1.54, 1.807) is 36.1 Å². The van der Waals surface area contributed by atoms with E-state index >= 15 is 0 Å². The van der Waals surface area contributed by atoms with Gasteiger partial charge in [0.25, 0.3) is 5.91 Å². The molecule has 1 N–H and O–H groups in total. The van der Waals surface area contributed by atoms with Gasteiger partial charge in [0, 0.05) is 25.7 Å². The number of benzene rings is 1. The van der Waals surface area contributed by atoms with Gasteiger partial charge in [-0.2, -0.15) is 0 Å². The Labute approximate surface area is 129 Å². The number of anilines is 1. The maximum atomic E-state index is 12.1. The highest BCUT2D eigenvalue weighted by Crippen LogP contribution is 2.14. The summed E-state index contributed by atoms with van der Waals surface area (Å²) in [6, 6.07) is 6.34. The minimum Gasteiger partial charge on any atom is -0.449 e. The first kappa shape index (κ1) is 16.0. The average molecular weight is 304 g/mol. The molecule has 0 spiro atoms. The highest BCUT2D eigenvalue weighted by atomic mass is 16.5. The number of esters is 1. The van der Waals surface area contributed by atoms with Gasteiger partial charge in [-0.05, 0) is 44.0 Å². The SMILES string of the molecule is CC(=O)Nc1ccc(C(=O)O[C@H](C)C(=O)N2CCCC2)cc1. The molecule has 1 aromatic rings. The minimum atomic E-state index is -0.791. The summed E-state index contributed by atoms with van der Waals surface area (Å²) in [7, 11) is 0. The van der Waals surface area contributed by atoms with Crippen LogP contribution in [0.25, 0.3) is 0 Å². The molecule has 0 radical (unpaired) electrons. The zero-order chi connectivity index (χ0) is 16.1. The third kappa shape index (κ3) is 4.07. The van der Waals surface area contributed by atoms with Crippen molar-refractivity contribution in [2.24, 2.45) is 0 Å². The van der Waals surface area contributed by atoms with Crippen LogP contribution in [0, 0.1) is 0 Å². The number of hydrogen-bond acceptors (Lipinski definition) is 4. The zero-order valence-corrected chi connectivity index (χ0v) is 12.8. The lowest BCUT2D eigenvalue weighted by molar-refractivity contribution is -0.138. The molecule has 0 unspecified atom stereocenters. The van der Waals surface area contributed by atoms with Crippen LogP contribution < -0.4 is 5.32 Å². The topological polar surface area (TPSA) is 75.7 Å². The quantitative estimate of drug-likeness (QED) is 0.861. The zero-order valence-electron chi connectivity index (χ0n) is 12.8. The highest BCUT2D eigenvalue weighted by Gasteiger charge is 2.26. The van der Waals surface area contributed by atoms with Gasteiger partial charge in [0.2, 0.25) is 5.91 Å². The second-order valence-corrected chi connectivity index (χ2v) is 5.34. The second kappa shape index (κ2) is 7.06. The summed E-state index contributed by atoms with van der Waals surface area (Å²) < 4.78 is 5.21. The normalized spacial score (nSPS) is 15.3. The molecule has 6 nitrogen and oxygen atoms in total. The fourth-order valence-corrected chi connectivity index (χ4v) is 2.37. The summed E-state index contributed by atoms with van der Waals surface area (Å²) in [6.07, 6.45) is 1.20. The predicted octanol–water partition coefficient (Wildman–Crippen LogP) is 1.81. The van der Waals surface area contributed by atoms with Crippen molar-refractivity contribution in [2.45, 2.75) is 32.8 Å². The average Bonchev–Trinajstić information content (AvgIpc) is 3.00. The van der Waals surface area contributed by atoms with E-state index in [-0.39, 0.29) is 11.8 Å². The van der Waals surface area contributed by atoms with Crippen LogP contribution >= 0.6 is 0 Å². The Hall–Kier alpha value is -2.37. The number of likely N-dealkylation sites (tertiary alicyclic amines) is 1. The molecular formula is C16H20N2O4. The lowest BCUT2D eigenvalue weighted by atomic mass is 10.2. The minimum absolute atomic E-state index is 0.152. The maximum Gasteiger partial charge on any atom is 0.338 e. The number of carbonyl (C=O) groups is 3. The number of nitrogens with zero attached hydrogens (tertiary/aromatic N) is 1. The molecule has 118 valence electrons. The molecule has 1 fully saturated rings. The van der Waals surface area contributed by atoms with Crippen molar-refractivity contribution in [3.05, 3.63) is 29.8 Å². The van der Waals surface area contributed by atoms with Gasteiger partial charge in [-0.15, -0.1) is 0 Å². The van der Waals surface area contributed by atoms with E-state index in [0.29, 0.717) is 11.3 Å². The van der Waals surface area contributed by atoms with Crippen LogP contribution in [0.5, 0.6) is 0 Å². The van der Waals surface area contributed by atoms with Crippen molar-refractivity contribution in [1.82, 2.24) is 4.90 Å². The molecule has 0 bridgehead atoms. The van der Waals surface area contributed by atoms with Gasteiger partial charge in [0.15, 0.2) is 6.10 Å². The number of rotatable bonds is 4. The van der Waals surface area contributed by atoms with Crippen LogP contribution in [0.2, 0.25) is 0 Å².